The molecule has 0 saturated carbocycles. The van der Waals surface area contributed by atoms with Gasteiger partial charge in [-0.1, -0.05) is 29.3 Å². The Morgan fingerprint density at radius 1 is 0.960 bits per heavy atom. The predicted octanol–water partition coefficient (Wildman–Crippen LogP) is 5.61. The van der Waals surface area contributed by atoms with Crippen LogP contribution in [0.2, 0.25) is 10.0 Å². The average molecular weight is 385 g/mol. The Bertz CT molecular complexity index is 902. The van der Waals surface area contributed by atoms with Crippen molar-refractivity contribution in [2.75, 3.05) is 5.32 Å². The Morgan fingerprint density at radius 2 is 1.76 bits per heavy atom. The number of pyridine rings is 1. The molecule has 1 N–H and O–H groups in total. The number of hydrogen-bond donors (Lipinski definition) is 1. The molecule has 0 fully saturated rings. The van der Waals surface area contributed by atoms with Gasteiger partial charge in [0.1, 0.15) is 11.5 Å². The molecule has 2 aromatic heterocycles. The van der Waals surface area contributed by atoms with E-state index in [1.807, 2.05) is 0 Å². The van der Waals surface area contributed by atoms with Crippen molar-refractivity contribution in [1.29, 1.82) is 0 Å². The van der Waals surface area contributed by atoms with E-state index in [0.717, 1.165) is 6.07 Å². The van der Waals surface area contributed by atoms with Crippen LogP contribution in [-0.4, -0.2) is 15.0 Å². The van der Waals surface area contributed by atoms with Gasteiger partial charge in [-0.25, -0.2) is 9.97 Å². The van der Waals surface area contributed by atoms with E-state index in [9.17, 15) is 13.2 Å². The third-order valence-corrected chi connectivity index (χ3v) is 3.65. The summed E-state index contributed by atoms with van der Waals surface area (Å²) in [5.41, 5.74) is -0.501. The summed E-state index contributed by atoms with van der Waals surface area (Å²) >= 11 is 11.9. The minimum Gasteiger partial charge on any atom is -0.339 e. The van der Waals surface area contributed by atoms with Crippen molar-refractivity contribution in [2.45, 2.75) is 6.18 Å². The Hall–Kier alpha value is -2.38. The number of benzene rings is 1. The van der Waals surface area contributed by atoms with Crippen molar-refractivity contribution >= 4 is 34.7 Å². The van der Waals surface area contributed by atoms with Crippen molar-refractivity contribution in [3.63, 3.8) is 0 Å². The van der Waals surface area contributed by atoms with Gasteiger partial charge >= 0.3 is 6.18 Å². The van der Waals surface area contributed by atoms with Crippen molar-refractivity contribution in [3.8, 4) is 11.5 Å². The van der Waals surface area contributed by atoms with E-state index >= 15 is 0 Å². The largest absolute Gasteiger partial charge is 0.433 e. The van der Waals surface area contributed by atoms with E-state index in [1.165, 1.54) is 18.3 Å². The summed E-state index contributed by atoms with van der Waals surface area (Å²) in [5.74, 6) is -0.213. The summed E-state index contributed by atoms with van der Waals surface area (Å²) in [6, 6.07) is 10.2. The van der Waals surface area contributed by atoms with E-state index in [4.69, 9.17) is 23.2 Å². The van der Waals surface area contributed by atoms with Crippen LogP contribution in [-0.2, 0) is 6.18 Å². The standard InChI is InChI=1S/C16H9Cl2F3N4/c17-9-4-5-11(10(18)7-9)23-14-8-13(16(19,20)21)24-15(25-14)12-3-1-2-6-22-12/h1-8H,(H,23,24,25). The van der Waals surface area contributed by atoms with Gasteiger partial charge in [-0.05, 0) is 30.3 Å². The molecular formula is C16H9Cl2F3N4. The van der Waals surface area contributed by atoms with Crippen molar-refractivity contribution in [2.24, 2.45) is 0 Å². The predicted molar refractivity (Wildman–Crippen MR) is 90.0 cm³/mol. The average Bonchev–Trinajstić information content (AvgIpc) is 2.57. The molecule has 0 atom stereocenters. The second-order valence-electron chi connectivity index (χ2n) is 4.92. The van der Waals surface area contributed by atoms with Gasteiger partial charge in [0, 0.05) is 17.3 Å². The number of alkyl halides is 3. The van der Waals surface area contributed by atoms with Crippen LogP contribution in [0.3, 0.4) is 0 Å². The molecule has 0 aliphatic rings. The minimum absolute atomic E-state index is 0.0628. The number of aromatic nitrogens is 3. The summed E-state index contributed by atoms with van der Waals surface area (Å²) in [7, 11) is 0. The summed E-state index contributed by atoms with van der Waals surface area (Å²) < 4.78 is 39.5. The van der Waals surface area contributed by atoms with Crippen LogP contribution in [0.1, 0.15) is 5.69 Å². The van der Waals surface area contributed by atoms with Crippen molar-refractivity contribution in [3.05, 3.63) is 64.4 Å². The fourth-order valence-electron chi connectivity index (χ4n) is 1.99. The summed E-state index contributed by atoms with van der Waals surface area (Å²) in [4.78, 5) is 11.6. The Labute approximate surface area is 150 Å². The molecule has 9 heteroatoms. The van der Waals surface area contributed by atoms with Crippen LogP contribution >= 0.6 is 23.2 Å². The second kappa shape index (κ2) is 6.85. The van der Waals surface area contributed by atoms with Gasteiger partial charge in [-0.3, -0.25) is 4.98 Å². The molecule has 0 aliphatic heterocycles. The smallest absolute Gasteiger partial charge is 0.339 e. The number of rotatable bonds is 3. The van der Waals surface area contributed by atoms with Gasteiger partial charge in [-0.15, -0.1) is 0 Å². The highest BCUT2D eigenvalue weighted by molar-refractivity contribution is 6.36. The van der Waals surface area contributed by atoms with Crippen LogP contribution in [0.25, 0.3) is 11.5 Å². The maximum Gasteiger partial charge on any atom is 0.433 e. The second-order valence-corrected chi connectivity index (χ2v) is 5.77. The van der Waals surface area contributed by atoms with E-state index in [0.29, 0.717) is 10.7 Å². The monoisotopic (exact) mass is 384 g/mol. The molecule has 0 radical (unpaired) electrons. The first-order chi connectivity index (χ1) is 11.8. The molecule has 0 spiro atoms. The van der Waals surface area contributed by atoms with Crippen LogP contribution in [0, 0.1) is 0 Å². The Balaban J connectivity index is 2.06. The molecule has 0 amide bonds. The van der Waals surface area contributed by atoms with Crippen LogP contribution in [0.5, 0.6) is 0 Å². The van der Waals surface area contributed by atoms with E-state index in [1.54, 1.807) is 24.3 Å². The Morgan fingerprint density at radius 3 is 2.40 bits per heavy atom. The molecule has 128 valence electrons. The molecule has 25 heavy (non-hydrogen) atoms. The molecule has 0 aliphatic carbocycles. The number of halogens is 5. The highest BCUT2D eigenvalue weighted by atomic mass is 35.5. The quantitative estimate of drug-likeness (QED) is 0.637. The van der Waals surface area contributed by atoms with Gasteiger partial charge in [0.25, 0.3) is 0 Å². The van der Waals surface area contributed by atoms with Gasteiger partial charge in [0.2, 0.25) is 0 Å². The van der Waals surface area contributed by atoms with Gasteiger partial charge in [0.05, 0.1) is 10.7 Å². The molecule has 4 nitrogen and oxygen atoms in total. The number of nitrogens with zero attached hydrogens (tertiary/aromatic N) is 3. The van der Waals surface area contributed by atoms with E-state index < -0.39 is 11.9 Å². The highest BCUT2D eigenvalue weighted by Crippen LogP contribution is 2.33. The fraction of sp³-hybridized carbons (Fsp3) is 0.0625. The fourth-order valence-corrected chi connectivity index (χ4v) is 2.45. The van der Waals surface area contributed by atoms with Crippen LogP contribution < -0.4 is 5.32 Å². The van der Waals surface area contributed by atoms with Crippen LogP contribution in [0.15, 0.2) is 48.7 Å². The lowest BCUT2D eigenvalue weighted by molar-refractivity contribution is -0.141. The summed E-state index contributed by atoms with van der Waals surface area (Å²) in [5, 5.41) is 3.41. The number of hydrogen-bond acceptors (Lipinski definition) is 4. The van der Waals surface area contributed by atoms with Gasteiger partial charge in [-0.2, -0.15) is 13.2 Å². The van der Waals surface area contributed by atoms with Crippen molar-refractivity contribution in [1.82, 2.24) is 15.0 Å². The Kier molecular flexibility index (Phi) is 4.78. The molecule has 2 heterocycles. The van der Waals surface area contributed by atoms with E-state index in [-0.39, 0.29) is 22.4 Å². The molecule has 1 aromatic carbocycles. The molecular weight excluding hydrogens is 376 g/mol. The minimum atomic E-state index is -4.63. The molecule has 0 saturated heterocycles. The molecule has 0 unspecified atom stereocenters. The third kappa shape index (κ3) is 4.18. The lowest BCUT2D eigenvalue weighted by Crippen LogP contribution is -2.11. The molecule has 3 aromatic rings. The topological polar surface area (TPSA) is 50.7 Å². The lowest BCUT2D eigenvalue weighted by atomic mass is 10.3. The molecule has 3 rings (SSSR count). The summed E-state index contributed by atoms with van der Waals surface area (Å²) in [6.07, 6.45) is -3.19. The molecule has 0 bridgehead atoms. The zero-order valence-corrected chi connectivity index (χ0v) is 13.9. The zero-order valence-electron chi connectivity index (χ0n) is 12.4. The number of anilines is 2. The van der Waals surface area contributed by atoms with Crippen molar-refractivity contribution < 1.29 is 13.2 Å². The third-order valence-electron chi connectivity index (χ3n) is 3.10. The zero-order chi connectivity index (χ0) is 18.0. The first kappa shape index (κ1) is 17.4. The normalized spacial score (nSPS) is 11.4. The maximum absolute atomic E-state index is 13.2. The highest BCUT2D eigenvalue weighted by Gasteiger charge is 2.34. The summed E-state index contributed by atoms with van der Waals surface area (Å²) in [6.45, 7) is 0. The maximum atomic E-state index is 13.2. The number of nitrogens with one attached hydrogen (secondary N) is 1. The van der Waals surface area contributed by atoms with Gasteiger partial charge < -0.3 is 5.32 Å². The van der Waals surface area contributed by atoms with Crippen LogP contribution in [0.4, 0.5) is 24.7 Å². The SMILES string of the molecule is FC(F)(F)c1cc(Nc2ccc(Cl)cc2Cl)nc(-c2ccccn2)n1. The first-order valence-corrected chi connectivity index (χ1v) is 7.68. The first-order valence-electron chi connectivity index (χ1n) is 6.93. The van der Waals surface area contributed by atoms with Gasteiger partial charge in [0.15, 0.2) is 11.5 Å². The lowest BCUT2D eigenvalue weighted by Gasteiger charge is -2.12. The van der Waals surface area contributed by atoms with E-state index in [2.05, 4.69) is 20.3 Å².